The van der Waals surface area contributed by atoms with Gasteiger partial charge in [0.15, 0.2) is 0 Å². The number of aromatic nitrogens is 1. The summed E-state index contributed by atoms with van der Waals surface area (Å²) >= 11 is 0. The Morgan fingerprint density at radius 1 is 1.33 bits per heavy atom. The number of nitrogen functional groups attached to an aromatic ring is 1. The molecule has 0 unspecified atom stereocenters. The molecule has 110 valence electrons. The predicted octanol–water partition coefficient (Wildman–Crippen LogP) is 2.41. The number of rotatable bonds is 5. The van der Waals surface area contributed by atoms with Gasteiger partial charge in [0.25, 0.3) is 0 Å². The van der Waals surface area contributed by atoms with E-state index in [1.54, 1.807) is 12.3 Å². The number of esters is 1. The van der Waals surface area contributed by atoms with Crippen molar-refractivity contribution in [3.05, 3.63) is 53.2 Å². The van der Waals surface area contributed by atoms with Crippen molar-refractivity contribution < 1.29 is 9.53 Å². The fourth-order valence-electron chi connectivity index (χ4n) is 2.11. The summed E-state index contributed by atoms with van der Waals surface area (Å²) in [5.74, 6) is 0.0448. The van der Waals surface area contributed by atoms with Gasteiger partial charge in [-0.25, -0.2) is 9.78 Å². The molecule has 0 saturated heterocycles. The van der Waals surface area contributed by atoms with E-state index in [2.05, 4.69) is 34.1 Å². The molecule has 0 bridgehead atoms. The lowest BCUT2D eigenvalue weighted by Crippen LogP contribution is -2.12. The third kappa shape index (κ3) is 3.51. The molecule has 2 rings (SSSR count). The van der Waals surface area contributed by atoms with Crippen molar-refractivity contribution in [2.75, 3.05) is 24.7 Å². The maximum Gasteiger partial charge on any atom is 0.340 e. The summed E-state index contributed by atoms with van der Waals surface area (Å²) in [7, 11) is 1.33. The minimum absolute atomic E-state index is 0.314. The van der Waals surface area contributed by atoms with Crippen LogP contribution < -0.4 is 11.1 Å². The molecule has 0 aliphatic carbocycles. The van der Waals surface area contributed by atoms with Crippen molar-refractivity contribution >= 4 is 17.5 Å². The van der Waals surface area contributed by atoms with Gasteiger partial charge < -0.3 is 15.8 Å². The van der Waals surface area contributed by atoms with Crippen molar-refractivity contribution in [2.45, 2.75) is 13.3 Å². The maximum absolute atomic E-state index is 11.6. The van der Waals surface area contributed by atoms with E-state index in [9.17, 15) is 4.79 Å². The van der Waals surface area contributed by atoms with Gasteiger partial charge in [-0.1, -0.05) is 24.3 Å². The van der Waals surface area contributed by atoms with Crippen LogP contribution >= 0.6 is 0 Å². The minimum Gasteiger partial charge on any atom is -0.465 e. The first-order valence-corrected chi connectivity index (χ1v) is 6.74. The summed E-state index contributed by atoms with van der Waals surface area (Å²) in [4.78, 5) is 15.7. The van der Waals surface area contributed by atoms with E-state index in [1.165, 1.54) is 18.2 Å². The van der Waals surface area contributed by atoms with Crippen LogP contribution in [0.5, 0.6) is 0 Å². The lowest BCUT2D eigenvalue weighted by atomic mass is 10.1. The number of carbonyl (C=O) groups is 1. The van der Waals surface area contributed by atoms with E-state index in [0.717, 1.165) is 6.42 Å². The summed E-state index contributed by atoms with van der Waals surface area (Å²) in [5.41, 5.74) is 9.11. The van der Waals surface area contributed by atoms with Gasteiger partial charge in [0.05, 0.1) is 18.4 Å². The number of aryl methyl sites for hydroxylation is 1. The molecule has 0 saturated carbocycles. The van der Waals surface area contributed by atoms with Crippen LogP contribution in [0.3, 0.4) is 0 Å². The molecule has 1 aromatic carbocycles. The van der Waals surface area contributed by atoms with Crippen molar-refractivity contribution in [3.63, 3.8) is 0 Å². The highest BCUT2D eigenvalue weighted by atomic mass is 16.5. The fraction of sp³-hybridized carbons (Fsp3) is 0.250. The summed E-state index contributed by atoms with van der Waals surface area (Å²) in [6.07, 6.45) is 2.40. The molecular formula is C16H19N3O2. The zero-order valence-corrected chi connectivity index (χ0v) is 12.2. The highest BCUT2D eigenvalue weighted by Gasteiger charge is 2.13. The highest BCUT2D eigenvalue weighted by molar-refractivity contribution is 5.97. The Morgan fingerprint density at radius 2 is 2.10 bits per heavy atom. The van der Waals surface area contributed by atoms with E-state index in [0.29, 0.717) is 23.6 Å². The van der Waals surface area contributed by atoms with Gasteiger partial charge in [-0.15, -0.1) is 0 Å². The lowest BCUT2D eigenvalue weighted by molar-refractivity contribution is 0.0602. The Hall–Kier alpha value is -2.56. The number of nitrogens with zero attached hydrogens (tertiary/aromatic N) is 1. The van der Waals surface area contributed by atoms with Crippen molar-refractivity contribution in [2.24, 2.45) is 0 Å². The fourth-order valence-corrected chi connectivity index (χ4v) is 2.11. The second-order valence-electron chi connectivity index (χ2n) is 4.72. The molecule has 0 aliphatic rings. The molecule has 0 aliphatic heterocycles. The Kier molecular flexibility index (Phi) is 4.77. The molecule has 0 spiro atoms. The van der Waals surface area contributed by atoms with Crippen LogP contribution in [0.25, 0.3) is 0 Å². The third-order valence-electron chi connectivity index (χ3n) is 3.34. The monoisotopic (exact) mass is 285 g/mol. The van der Waals surface area contributed by atoms with E-state index >= 15 is 0 Å². The van der Waals surface area contributed by atoms with Gasteiger partial charge in [0, 0.05) is 12.7 Å². The van der Waals surface area contributed by atoms with Gasteiger partial charge in [-0.2, -0.15) is 0 Å². The van der Waals surface area contributed by atoms with Crippen LogP contribution in [0.1, 0.15) is 21.5 Å². The second-order valence-corrected chi connectivity index (χ2v) is 4.72. The second kappa shape index (κ2) is 6.74. The number of hydrogen-bond acceptors (Lipinski definition) is 5. The van der Waals surface area contributed by atoms with E-state index in [1.807, 2.05) is 12.1 Å². The van der Waals surface area contributed by atoms with E-state index in [-0.39, 0.29) is 0 Å². The van der Waals surface area contributed by atoms with Crippen molar-refractivity contribution in [3.8, 4) is 0 Å². The Labute approximate surface area is 124 Å². The molecule has 5 nitrogen and oxygen atoms in total. The summed E-state index contributed by atoms with van der Waals surface area (Å²) in [5, 5.41) is 3.16. The smallest absolute Gasteiger partial charge is 0.340 e. The molecule has 0 atom stereocenters. The average molecular weight is 285 g/mol. The molecule has 0 amide bonds. The van der Waals surface area contributed by atoms with Gasteiger partial charge in [-0.3, -0.25) is 0 Å². The van der Waals surface area contributed by atoms with Gasteiger partial charge in [0.2, 0.25) is 0 Å². The van der Waals surface area contributed by atoms with Gasteiger partial charge >= 0.3 is 5.97 Å². The van der Waals surface area contributed by atoms with E-state index < -0.39 is 5.97 Å². The van der Waals surface area contributed by atoms with Crippen LogP contribution in [0, 0.1) is 6.92 Å². The number of ether oxygens (including phenoxy) is 1. The molecule has 21 heavy (non-hydrogen) atoms. The van der Waals surface area contributed by atoms with Gasteiger partial charge in [-0.05, 0) is 30.5 Å². The molecular weight excluding hydrogens is 266 g/mol. The quantitative estimate of drug-likeness (QED) is 0.825. The topological polar surface area (TPSA) is 77.2 Å². The number of benzene rings is 1. The first kappa shape index (κ1) is 14.8. The van der Waals surface area contributed by atoms with Crippen LogP contribution in [0.4, 0.5) is 11.5 Å². The van der Waals surface area contributed by atoms with Crippen molar-refractivity contribution in [1.29, 1.82) is 0 Å². The molecule has 0 radical (unpaired) electrons. The molecule has 1 aromatic heterocycles. The number of carbonyl (C=O) groups excluding carboxylic acids is 1. The van der Waals surface area contributed by atoms with Crippen molar-refractivity contribution in [1.82, 2.24) is 4.98 Å². The zero-order chi connectivity index (χ0) is 15.2. The number of nitrogens with one attached hydrogen (secondary N) is 1. The number of hydrogen-bond donors (Lipinski definition) is 2. The third-order valence-corrected chi connectivity index (χ3v) is 3.34. The van der Waals surface area contributed by atoms with Gasteiger partial charge in [0.1, 0.15) is 5.82 Å². The lowest BCUT2D eigenvalue weighted by Gasteiger charge is -2.11. The number of pyridine rings is 1. The SMILES string of the molecule is COC(=O)c1ccnc(NCCc2ccccc2C)c1N. The maximum atomic E-state index is 11.6. The van der Waals surface area contributed by atoms with Crippen LogP contribution in [-0.4, -0.2) is 24.6 Å². The Balaban J connectivity index is 2.04. The minimum atomic E-state index is -0.461. The molecule has 3 N–H and O–H groups in total. The first-order valence-electron chi connectivity index (χ1n) is 6.74. The molecule has 1 heterocycles. The summed E-state index contributed by atoms with van der Waals surface area (Å²) in [6, 6.07) is 9.77. The first-order chi connectivity index (χ1) is 10.1. The Bertz CT molecular complexity index is 641. The van der Waals surface area contributed by atoms with Crippen LogP contribution in [-0.2, 0) is 11.2 Å². The van der Waals surface area contributed by atoms with Crippen LogP contribution in [0.2, 0.25) is 0 Å². The molecule has 5 heteroatoms. The van der Waals surface area contributed by atoms with Crippen LogP contribution in [0.15, 0.2) is 36.5 Å². The number of methoxy groups -OCH3 is 1. The number of nitrogens with two attached hydrogens (primary N) is 1. The Morgan fingerprint density at radius 3 is 2.81 bits per heavy atom. The number of anilines is 2. The summed E-state index contributed by atoms with van der Waals surface area (Å²) in [6.45, 7) is 2.77. The highest BCUT2D eigenvalue weighted by Crippen LogP contribution is 2.20. The molecule has 0 fully saturated rings. The summed E-state index contributed by atoms with van der Waals surface area (Å²) < 4.78 is 4.69. The largest absolute Gasteiger partial charge is 0.465 e. The van der Waals surface area contributed by atoms with E-state index in [4.69, 9.17) is 5.73 Å². The standard InChI is InChI=1S/C16H19N3O2/c1-11-5-3-4-6-12(11)7-9-18-15-14(17)13(8-10-19-15)16(20)21-2/h3-6,8,10H,7,9,17H2,1-2H3,(H,18,19). The molecule has 2 aromatic rings. The predicted molar refractivity (Wildman–Crippen MR) is 83.4 cm³/mol. The zero-order valence-electron chi connectivity index (χ0n) is 12.2. The normalized spacial score (nSPS) is 10.2. The average Bonchev–Trinajstić information content (AvgIpc) is 2.50.